The van der Waals surface area contributed by atoms with Crippen LogP contribution in [0.5, 0.6) is 0 Å². The van der Waals surface area contributed by atoms with Gasteiger partial charge < -0.3 is 5.43 Å². The molecule has 3 N–H and O–H groups in total. The Labute approximate surface area is 62.9 Å². The van der Waals surface area contributed by atoms with Gasteiger partial charge in [0.25, 0.3) is 5.69 Å². The Bertz CT molecular complexity index is 257. The molecule has 0 atom stereocenters. The maximum absolute atomic E-state index is 10.2. The van der Waals surface area contributed by atoms with Crippen LogP contribution in [0.3, 0.4) is 0 Å². The molecule has 0 aliphatic rings. The topological polar surface area (TPSA) is 81.2 Å². The highest BCUT2D eigenvalue weighted by Crippen LogP contribution is 2.13. The van der Waals surface area contributed by atoms with E-state index in [-0.39, 0.29) is 5.69 Å². The fourth-order valence-electron chi connectivity index (χ4n) is 0.679. The van der Waals surface area contributed by atoms with E-state index in [0.717, 1.165) is 0 Å². The van der Waals surface area contributed by atoms with E-state index < -0.39 is 4.92 Å². The molecule has 0 spiro atoms. The van der Waals surface area contributed by atoms with Gasteiger partial charge in [0.05, 0.1) is 4.92 Å². The minimum absolute atomic E-state index is 0.0593. The minimum atomic E-state index is -0.458. The van der Waals surface area contributed by atoms with Crippen molar-refractivity contribution >= 4 is 11.4 Å². The first kappa shape index (κ1) is 7.49. The summed E-state index contributed by atoms with van der Waals surface area (Å²) in [6.07, 6.45) is 0. The monoisotopic (exact) mass is 159 g/mol. The van der Waals surface area contributed by atoms with Crippen molar-refractivity contribution < 1.29 is 4.92 Å². The number of nitrogens with two attached hydrogens (primary N) is 1. The third-order valence-electron chi connectivity index (χ3n) is 1.24. The molecule has 0 aliphatic carbocycles. The average molecular weight is 159 g/mol. The Balaban J connectivity index is 2.91. The summed E-state index contributed by atoms with van der Waals surface area (Å²) >= 11 is 0. The summed E-state index contributed by atoms with van der Waals surface area (Å²) in [5, 5.41) is 10.2. The number of rotatable bonds is 2. The highest BCUT2D eigenvalue weighted by Gasteiger charge is 2.01. The van der Waals surface area contributed by atoms with Gasteiger partial charge in [0, 0.05) is 17.8 Å². The Hall–Kier alpha value is -1.62. The van der Waals surface area contributed by atoms with Gasteiger partial charge in [-0.2, -0.15) is 0 Å². The summed E-state index contributed by atoms with van der Waals surface area (Å²) in [5.41, 5.74) is 3.08. The standard InChI is InChI=1S/C6H7N3O2/c7-8-5-1-3-6(4-2-5)9(10)11/h1-4,8H,7H2/i1+1,2+1,3+1,4+1,5+1,6+1. The zero-order valence-corrected chi connectivity index (χ0v) is 5.65. The van der Waals surface area contributed by atoms with Crippen LogP contribution in [0.25, 0.3) is 0 Å². The Kier molecular flexibility index (Phi) is 2.03. The van der Waals surface area contributed by atoms with Crippen LogP contribution in [0, 0.1) is 10.1 Å². The maximum atomic E-state index is 10.2. The van der Waals surface area contributed by atoms with Crippen molar-refractivity contribution in [3.63, 3.8) is 0 Å². The number of nitrogens with zero attached hydrogens (tertiary/aromatic N) is 1. The highest BCUT2D eigenvalue weighted by atomic mass is 16.6. The van der Waals surface area contributed by atoms with Crippen molar-refractivity contribution in [2.24, 2.45) is 5.84 Å². The van der Waals surface area contributed by atoms with Crippen LogP contribution in [0.4, 0.5) is 11.4 Å². The molecule has 58 valence electrons. The molecule has 0 saturated carbocycles. The highest BCUT2D eigenvalue weighted by molar-refractivity contribution is 5.47. The summed E-state index contributed by atoms with van der Waals surface area (Å²) in [7, 11) is 0. The lowest BCUT2D eigenvalue weighted by Gasteiger charge is -1.96. The molecule has 1 rings (SSSR count). The number of nitrogen functional groups attached to an aromatic ring is 1. The number of benzene rings is 1. The fraction of sp³-hybridized carbons (Fsp3) is 0. The molecule has 0 saturated heterocycles. The zero-order chi connectivity index (χ0) is 8.27. The Morgan fingerprint density at radius 1 is 1.36 bits per heavy atom. The van der Waals surface area contributed by atoms with Crippen LogP contribution >= 0.6 is 0 Å². The molecule has 1 aromatic carbocycles. The largest absolute Gasteiger partial charge is 0.324 e. The van der Waals surface area contributed by atoms with Gasteiger partial charge in [-0.25, -0.2) is 0 Å². The summed E-state index contributed by atoms with van der Waals surface area (Å²) in [4.78, 5) is 9.70. The smallest absolute Gasteiger partial charge is 0.269 e. The molecule has 0 bridgehead atoms. The van der Waals surface area contributed by atoms with E-state index in [1.165, 1.54) is 24.3 Å². The summed E-state index contributed by atoms with van der Waals surface area (Å²) in [6, 6.07) is 5.85. The van der Waals surface area contributed by atoms with Gasteiger partial charge in [0.15, 0.2) is 0 Å². The number of non-ortho nitro benzene ring substituents is 1. The molecule has 0 heterocycles. The van der Waals surface area contributed by atoms with Crippen LogP contribution in [0.1, 0.15) is 0 Å². The summed E-state index contributed by atoms with van der Waals surface area (Å²) in [5.74, 6) is 5.06. The van der Waals surface area contributed by atoms with Crippen LogP contribution in [0.2, 0.25) is 0 Å². The van der Waals surface area contributed by atoms with Gasteiger partial charge in [0.2, 0.25) is 0 Å². The van der Waals surface area contributed by atoms with Crippen LogP contribution in [-0.4, -0.2) is 4.92 Å². The number of nitro groups is 1. The van der Waals surface area contributed by atoms with Crippen molar-refractivity contribution in [3.05, 3.63) is 34.4 Å². The van der Waals surface area contributed by atoms with Gasteiger partial charge in [-0.1, -0.05) is 0 Å². The van der Waals surface area contributed by atoms with Gasteiger partial charge in [0.1, 0.15) is 0 Å². The van der Waals surface area contributed by atoms with Crippen molar-refractivity contribution in [1.29, 1.82) is 0 Å². The van der Waals surface area contributed by atoms with E-state index in [1.54, 1.807) is 0 Å². The number of anilines is 1. The molecule has 0 amide bonds. The van der Waals surface area contributed by atoms with Crippen LogP contribution in [0.15, 0.2) is 24.3 Å². The number of hydrogen-bond acceptors (Lipinski definition) is 4. The lowest BCUT2D eigenvalue weighted by Crippen LogP contribution is -2.06. The molecule has 0 unspecified atom stereocenters. The number of hydrazine groups is 1. The molecular formula is C6H7N3O2. The van der Waals surface area contributed by atoms with E-state index in [0.29, 0.717) is 5.69 Å². The van der Waals surface area contributed by atoms with Crippen LogP contribution in [-0.2, 0) is 0 Å². The van der Waals surface area contributed by atoms with Gasteiger partial charge in [-0.3, -0.25) is 16.0 Å². The van der Waals surface area contributed by atoms with E-state index in [1.807, 2.05) is 0 Å². The van der Waals surface area contributed by atoms with Crippen molar-refractivity contribution in [2.75, 3.05) is 5.43 Å². The predicted octanol–water partition coefficient (Wildman–Crippen LogP) is 0.880. The fourth-order valence-corrected chi connectivity index (χ4v) is 0.679. The van der Waals surface area contributed by atoms with Gasteiger partial charge in [-0.15, -0.1) is 0 Å². The number of hydrogen-bond donors (Lipinski definition) is 2. The van der Waals surface area contributed by atoms with Gasteiger partial charge >= 0.3 is 0 Å². The maximum Gasteiger partial charge on any atom is 0.269 e. The predicted molar refractivity (Wildman–Crippen MR) is 40.9 cm³/mol. The summed E-state index contributed by atoms with van der Waals surface area (Å²) < 4.78 is 0. The SMILES string of the molecule is NN[13c]1[13cH][13cH][13c]([N+](=O)[O-])[13cH][13cH]1. The first-order valence-electron chi connectivity index (χ1n) is 2.95. The Morgan fingerprint density at radius 2 is 1.91 bits per heavy atom. The quantitative estimate of drug-likeness (QED) is 0.381. The molecule has 0 aliphatic heterocycles. The molecule has 0 aromatic heterocycles. The van der Waals surface area contributed by atoms with Crippen LogP contribution < -0.4 is 11.3 Å². The first-order valence-corrected chi connectivity index (χ1v) is 2.95. The van der Waals surface area contributed by atoms with Gasteiger partial charge in [-0.05, 0) is 12.1 Å². The first-order chi connectivity index (χ1) is 5.24. The minimum Gasteiger partial charge on any atom is -0.324 e. The lowest BCUT2D eigenvalue weighted by atomic mass is 11.2. The average Bonchev–Trinajstić information content (AvgIpc) is 2.05. The number of nitrogens with one attached hydrogen (secondary N) is 1. The van der Waals surface area contributed by atoms with E-state index >= 15 is 0 Å². The van der Waals surface area contributed by atoms with E-state index in [4.69, 9.17) is 5.84 Å². The second kappa shape index (κ2) is 2.98. The lowest BCUT2D eigenvalue weighted by molar-refractivity contribution is -0.384. The number of nitro benzene ring substituents is 1. The molecule has 5 heteroatoms. The Morgan fingerprint density at radius 3 is 2.27 bits per heavy atom. The van der Waals surface area contributed by atoms with Crippen molar-refractivity contribution in [2.45, 2.75) is 0 Å². The molecule has 0 radical (unpaired) electrons. The molecule has 5 nitrogen and oxygen atoms in total. The molecule has 1 aromatic rings. The second-order valence-electron chi connectivity index (χ2n) is 1.95. The zero-order valence-electron chi connectivity index (χ0n) is 5.65. The third kappa shape index (κ3) is 1.65. The summed E-state index contributed by atoms with van der Waals surface area (Å²) in [6.45, 7) is 0. The van der Waals surface area contributed by atoms with E-state index in [9.17, 15) is 10.1 Å². The molecule has 0 fully saturated rings. The molecular weight excluding hydrogens is 152 g/mol. The van der Waals surface area contributed by atoms with E-state index in [2.05, 4.69) is 5.43 Å². The molecule has 11 heavy (non-hydrogen) atoms. The second-order valence-corrected chi connectivity index (χ2v) is 1.95. The third-order valence-corrected chi connectivity index (χ3v) is 1.24. The normalized spacial score (nSPS) is 9.18. The van der Waals surface area contributed by atoms with Crippen molar-refractivity contribution in [3.8, 4) is 0 Å². The van der Waals surface area contributed by atoms with Crippen molar-refractivity contribution in [1.82, 2.24) is 0 Å².